The smallest absolute Gasteiger partial charge is 0.251 e. The largest absolute Gasteiger partial charge is 0.448 e. The molecule has 1 aliphatic heterocycles. The number of ether oxygens (including phenoxy) is 2. The lowest BCUT2D eigenvalue weighted by atomic mass is 10.00. The van der Waals surface area contributed by atoms with E-state index >= 15 is 0 Å². The number of rotatable bonds is 1. The third-order valence-electron chi connectivity index (χ3n) is 3.90. The normalized spacial score (nSPS) is 18.6. The van der Waals surface area contributed by atoms with E-state index in [1.165, 1.54) is 24.0 Å². The van der Waals surface area contributed by atoms with Gasteiger partial charge in [0.25, 0.3) is 5.79 Å². The molecule has 0 aromatic heterocycles. The highest BCUT2D eigenvalue weighted by atomic mass is 16.7. The molecule has 1 heterocycles. The highest BCUT2D eigenvalue weighted by molar-refractivity contribution is 5.55. The number of hydrogen-bond acceptors (Lipinski definition) is 2. The van der Waals surface area contributed by atoms with Crippen molar-refractivity contribution in [2.75, 3.05) is 0 Å². The van der Waals surface area contributed by atoms with Crippen LogP contribution in [0.3, 0.4) is 0 Å². The van der Waals surface area contributed by atoms with E-state index in [4.69, 9.17) is 9.47 Å². The van der Waals surface area contributed by atoms with Crippen LogP contribution in [0.5, 0.6) is 11.5 Å². The van der Waals surface area contributed by atoms with Crippen LogP contribution >= 0.6 is 0 Å². The second kappa shape index (κ2) is 5.44. The van der Waals surface area contributed by atoms with E-state index in [0.717, 1.165) is 24.3 Å². The van der Waals surface area contributed by atoms with Gasteiger partial charge in [-0.15, -0.1) is 0 Å². The van der Waals surface area contributed by atoms with Crippen molar-refractivity contribution in [1.82, 2.24) is 0 Å². The van der Waals surface area contributed by atoms with Crippen molar-refractivity contribution >= 4 is 0 Å². The van der Waals surface area contributed by atoms with Gasteiger partial charge in [0.15, 0.2) is 11.5 Å². The second-order valence-electron chi connectivity index (χ2n) is 5.61. The molecular weight excluding hydrogens is 236 g/mol. The average Bonchev–Trinajstić information content (AvgIpc) is 3.00. The Labute approximate surface area is 117 Å². The molecule has 0 atom stereocenters. The third-order valence-corrected chi connectivity index (χ3v) is 3.90. The SMILES string of the molecule is CC.Cc1ccc(C(C)C)c2c1OC1(CCCC1)O2. The van der Waals surface area contributed by atoms with Gasteiger partial charge in [0.1, 0.15) is 0 Å². The Hall–Kier alpha value is -1.18. The summed E-state index contributed by atoms with van der Waals surface area (Å²) in [7, 11) is 0. The zero-order chi connectivity index (χ0) is 14.0. The van der Waals surface area contributed by atoms with Crippen LogP contribution in [-0.2, 0) is 0 Å². The molecule has 0 bridgehead atoms. The zero-order valence-corrected chi connectivity index (χ0v) is 12.9. The molecule has 1 saturated carbocycles. The van der Waals surface area contributed by atoms with Crippen molar-refractivity contribution in [3.63, 3.8) is 0 Å². The van der Waals surface area contributed by atoms with Gasteiger partial charge in [-0.3, -0.25) is 0 Å². The average molecular weight is 262 g/mol. The molecule has 2 nitrogen and oxygen atoms in total. The lowest BCUT2D eigenvalue weighted by Gasteiger charge is -2.22. The Morgan fingerprint density at radius 3 is 2.16 bits per heavy atom. The van der Waals surface area contributed by atoms with Crippen molar-refractivity contribution in [2.45, 2.75) is 72.0 Å². The van der Waals surface area contributed by atoms with Gasteiger partial charge in [-0.25, -0.2) is 0 Å². The molecule has 2 heteroatoms. The Kier molecular flexibility index (Phi) is 4.07. The first-order valence-electron chi connectivity index (χ1n) is 7.63. The van der Waals surface area contributed by atoms with E-state index in [1.807, 2.05) is 13.8 Å². The first-order valence-corrected chi connectivity index (χ1v) is 7.63. The Bertz CT molecular complexity index is 443. The van der Waals surface area contributed by atoms with Crippen LogP contribution in [0.15, 0.2) is 12.1 Å². The number of aryl methyl sites for hydroxylation is 1. The molecule has 3 rings (SSSR count). The molecule has 2 aliphatic rings. The molecule has 1 spiro atoms. The Balaban J connectivity index is 0.000000637. The van der Waals surface area contributed by atoms with Crippen LogP contribution in [0, 0.1) is 6.92 Å². The predicted molar refractivity (Wildman–Crippen MR) is 79.1 cm³/mol. The maximum Gasteiger partial charge on any atom is 0.251 e. The summed E-state index contributed by atoms with van der Waals surface area (Å²) in [5.74, 6) is 2.13. The predicted octanol–water partition coefficient (Wildman–Crippen LogP) is 5.19. The maximum absolute atomic E-state index is 6.21. The summed E-state index contributed by atoms with van der Waals surface area (Å²) in [5, 5.41) is 0. The van der Waals surface area contributed by atoms with Crippen molar-refractivity contribution < 1.29 is 9.47 Å². The van der Waals surface area contributed by atoms with Crippen LogP contribution in [0.25, 0.3) is 0 Å². The molecule has 0 N–H and O–H groups in total. The summed E-state index contributed by atoms with van der Waals surface area (Å²) < 4.78 is 12.4. The van der Waals surface area contributed by atoms with Gasteiger partial charge in [-0.05, 0) is 31.2 Å². The summed E-state index contributed by atoms with van der Waals surface area (Å²) >= 11 is 0. The summed E-state index contributed by atoms with van der Waals surface area (Å²) in [4.78, 5) is 0. The summed E-state index contributed by atoms with van der Waals surface area (Å²) in [6, 6.07) is 4.32. The molecule has 0 saturated heterocycles. The highest BCUT2D eigenvalue weighted by Gasteiger charge is 2.45. The second-order valence-corrected chi connectivity index (χ2v) is 5.61. The van der Waals surface area contributed by atoms with Gasteiger partial charge in [-0.2, -0.15) is 0 Å². The van der Waals surface area contributed by atoms with E-state index in [1.54, 1.807) is 0 Å². The van der Waals surface area contributed by atoms with Gasteiger partial charge in [0.2, 0.25) is 0 Å². The van der Waals surface area contributed by atoms with E-state index < -0.39 is 0 Å². The first-order chi connectivity index (χ1) is 9.11. The van der Waals surface area contributed by atoms with Crippen LogP contribution in [-0.4, -0.2) is 5.79 Å². The van der Waals surface area contributed by atoms with Gasteiger partial charge in [0.05, 0.1) is 0 Å². The molecule has 1 aromatic rings. The molecule has 1 aliphatic carbocycles. The number of benzene rings is 1. The fourth-order valence-corrected chi connectivity index (χ4v) is 2.87. The Morgan fingerprint density at radius 1 is 1.00 bits per heavy atom. The van der Waals surface area contributed by atoms with Crippen molar-refractivity contribution in [3.8, 4) is 11.5 Å². The quantitative estimate of drug-likeness (QED) is 0.693. The van der Waals surface area contributed by atoms with Crippen LogP contribution in [0.4, 0.5) is 0 Å². The molecular formula is C17H26O2. The fourth-order valence-electron chi connectivity index (χ4n) is 2.87. The molecule has 0 amide bonds. The van der Waals surface area contributed by atoms with Gasteiger partial charge in [0, 0.05) is 18.4 Å². The number of fused-ring (bicyclic) bond motifs is 1. The molecule has 106 valence electrons. The van der Waals surface area contributed by atoms with Crippen LogP contribution in [0.2, 0.25) is 0 Å². The minimum absolute atomic E-state index is 0.335. The standard InChI is InChI=1S/C15H20O2.C2H6/c1-10(2)12-7-6-11(3)13-14(12)17-15(16-13)8-4-5-9-15;1-2/h6-7,10H,4-5,8-9H2,1-3H3;1-2H3. The van der Waals surface area contributed by atoms with Crippen molar-refractivity contribution in [3.05, 3.63) is 23.3 Å². The topological polar surface area (TPSA) is 18.5 Å². The van der Waals surface area contributed by atoms with Gasteiger partial charge in [-0.1, -0.05) is 39.8 Å². The van der Waals surface area contributed by atoms with Gasteiger partial charge < -0.3 is 9.47 Å². The minimum Gasteiger partial charge on any atom is -0.448 e. The minimum atomic E-state index is -0.335. The van der Waals surface area contributed by atoms with Crippen molar-refractivity contribution in [1.29, 1.82) is 0 Å². The summed E-state index contributed by atoms with van der Waals surface area (Å²) in [6.45, 7) is 10.5. The molecule has 19 heavy (non-hydrogen) atoms. The van der Waals surface area contributed by atoms with Crippen LogP contribution in [0.1, 0.15) is 70.4 Å². The number of hydrogen-bond donors (Lipinski definition) is 0. The molecule has 0 radical (unpaired) electrons. The molecule has 0 unspecified atom stereocenters. The highest BCUT2D eigenvalue weighted by Crippen LogP contribution is 2.50. The van der Waals surface area contributed by atoms with Crippen molar-refractivity contribution in [2.24, 2.45) is 0 Å². The third kappa shape index (κ3) is 2.45. The van der Waals surface area contributed by atoms with Crippen LogP contribution < -0.4 is 9.47 Å². The molecule has 1 fully saturated rings. The maximum atomic E-state index is 6.21. The van der Waals surface area contributed by atoms with Gasteiger partial charge >= 0.3 is 0 Å². The molecule has 1 aromatic carbocycles. The summed E-state index contributed by atoms with van der Waals surface area (Å²) in [6.07, 6.45) is 4.48. The monoisotopic (exact) mass is 262 g/mol. The first kappa shape index (κ1) is 14.2. The summed E-state index contributed by atoms with van der Waals surface area (Å²) in [5.41, 5.74) is 2.46. The Morgan fingerprint density at radius 2 is 1.58 bits per heavy atom. The zero-order valence-electron chi connectivity index (χ0n) is 12.9. The lowest BCUT2D eigenvalue weighted by molar-refractivity contribution is -0.0722. The van der Waals surface area contributed by atoms with E-state index in [-0.39, 0.29) is 5.79 Å². The van der Waals surface area contributed by atoms with E-state index in [2.05, 4.69) is 32.9 Å². The van der Waals surface area contributed by atoms with E-state index in [9.17, 15) is 0 Å². The van der Waals surface area contributed by atoms with E-state index in [0.29, 0.717) is 5.92 Å². The fraction of sp³-hybridized carbons (Fsp3) is 0.647. The lowest BCUT2D eigenvalue weighted by Crippen LogP contribution is -2.34.